The Hall–Kier alpha value is -1.26. The first-order valence-corrected chi connectivity index (χ1v) is 6.47. The van der Waals surface area contributed by atoms with Gasteiger partial charge in [0.15, 0.2) is 0 Å². The van der Waals surface area contributed by atoms with Crippen LogP contribution in [0.15, 0.2) is 24.3 Å². The van der Waals surface area contributed by atoms with Crippen LogP contribution in [0.3, 0.4) is 0 Å². The lowest BCUT2D eigenvalue weighted by Crippen LogP contribution is -2.51. The molecule has 1 aromatic rings. The van der Waals surface area contributed by atoms with Crippen LogP contribution in [0.25, 0.3) is 0 Å². The Morgan fingerprint density at radius 3 is 2.89 bits per heavy atom. The van der Waals surface area contributed by atoms with Crippen molar-refractivity contribution in [1.29, 1.82) is 0 Å². The molecular formula is C14H21ClN2O2. The Labute approximate surface area is 120 Å². The van der Waals surface area contributed by atoms with E-state index in [1.807, 2.05) is 36.1 Å². The van der Waals surface area contributed by atoms with Crippen molar-refractivity contribution in [2.75, 3.05) is 26.2 Å². The quantitative estimate of drug-likeness (QED) is 0.922. The first-order valence-electron chi connectivity index (χ1n) is 6.47. The number of ether oxygens (including phenoxy) is 1. The summed E-state index contributed by atoms with van der Waals surface area (Å²) in [4.78, 5) is 14.3. The van der Waals surface area contributed by atoms with Gasteiger partial charge in [-0.05, 0) is 26.0 Å². The zero-order valence-electron chi connectivity index (χ0n) is 11.4. The van der Waals surface area contributed by atoms with Crippen LogP contribution in [0.4, 0.5) is 0 Å². The Morgan fingerprint density at radius 2 is 2.21 bits per heavy atom. The van der Waals surface area contributed by atoms with Crippen LogP contribution >= 0.6 is 12.4 Å². The number of hydrogen-bond donors (Lipinski definition) is 1. The van der Waals surface area contributed by atoms with Crippen LogP contribution < -0.4 is 10.1 Å². The van der Waals surface area contributed by atoms with Crippen LogP contribution in [-0.2, 0) is 0 Å². The van der Waals surface area contributed by atoms with Gasteiger partial charge in [0.2, 0.25) is 0 Å². The van der Waals surface area contributed by atoms with Gasteiger partial charge in [0.25, 0.3) is 5.91 Å². The van der Waals surface area contributed by atoms with Crippen molar-refractivity contribution in [2.24, 2.45) is 0 Å². The summed E-state index contributed by atoms with van der Waals surface area (Å²) < 4.78 is 5.51. The fraction of sp³-hybridized carbons (Fsp3) is 0.500. The fourth-order valence-electron chi connectivity index (χ4n) is 2.21. The number of nitrogens with one attached hydrogen (secondary N) is 1. The third-order valence-electron chi connectivity index (χ3n) is 3.07. The molecule has 2 rings (SSSR count). The first-order chi connectivity index (χ1) is 8.72. The minimum Gasteiger partial charge on any atom is -0.493 e. The third kappa shape index (κ3) is 3.85. The predicted molar refractivity (Wildman–Crippen MR) is 78.2 cm³/mol. The van der Waals surface area contributed by atoms with Gasteiger partial charge in [-0.25, -0.2) is 0 Å². The number of halogens is 1. The summed E-state index contributed by atoms with van der Waals surface area (Å²) in [6, 6.07) is 7.80. The second-order valence-corrected chi connectivity index (χ2v) is 4.54. The van der Waals surface area contributed by atoms with E-state index in [0.717, 1.165) is 19.6 Å². The standard InChI is InChI=1S/C14H20N2O2.ClH/c1-3-18-13-7-5-4-6-12(13)14(17)16-9-8-15-11(2)10-16;/h4-7,11,15H,3,8-10H2,1-2H3;1H/t11-;/m1./s1. The van der Waals surface area contributed by atoms with Crippen LogP contribution in [-0.4, -0.2) is 43.1 Å². The summed E-state index contributed by atoms with van der Waals surface area (Å²) in [6.45, 7) is 6.94. The summed E-state index contributed by atoms with van der Waals surface area (Å²) in [5.41, 5.74) is 0.661. The lowest BCUT2D eigenvalue weighted by atomic mass is 10.1. The van der Waals surface area contributed by atoms with E-state index in [4.69, 9.17) is 4.74 Å². The molecular weight excluding hydrogens is 264 g/mol. The minimum atomic E-state index is 0. The lowest BCUT2D eigenvalue weighted by Gasteiger charge is -2.32. The molecule has 5 heteroatoms. The molecule has 0 aromatic heterocycles. The fourth-order valence-corrected chi connectivity index (χ4v) is 2.21. The van der Waals surface area contributed by atoms with Gasteiger partial charge in [-0.15, -0.1) is 12.4 Å². The summed E-state index contributed by atoms with van der Waals surface area (Å²) in [7, 11) is 0. The number of hydrogen-bond acceptors (Lipinski definition) is 3. The highest BCUT2D eigenvalue weighted by molar-refractivity contribution is 5.97. The van der Waals surface area contributed by atoms with E-state index in [1.54, 1.807) is 0 Å². The SMILES string of the molecule is CCOc1ccccc1C(=O)N1CCN[C@H](C)C1.Cl. The molecule has 1 fully saturated rings. The average Bonchev–Trinajstić information content (AvgIpc) is 2.39. The molecule has 1 aromatic carbocycles. The lowest BCUT2D eigenvalue weighted by molar-refractivity contribution is 0.0705. The molecule has 1 heterocycles. The van der Waals surface area contributed by atoms with Gasteiger partial charge >= 0.3 is 0 Å². The third-order valence-corrected chi connectivity index (χ3v) is 3.07. The second kappa shape index (κ2) is 7.36. The largest absolute Gasteiger partial charge is 0.493 e. The molecule has 0 spiro atoms. The normalized spacial score (nSPS) is 18.6. The highest BCUT2D eigenvalue weighted by Gasteiger charge is 2.23. The monoisotopic (exact) mass is 284 g/mol. The van der Waals surface area contributed by atoms with Gasteiger partial charge in [-0.3, -0.25) is 4.79 Å². The average molecular weight is 285 g/mol. The molecule has 1 N–H and O–H groups in total. The van der Waals surface area contributed by atoms with Crippen molar-refractivity contribution in [3.63, 3.8) is 0 Å². The Kier molecular flexibility index (Phi) is 6.12. The van der Waals surface area contributed by atoms with E-state index in [1.165, 1.54) is 0 Å². The Balaban J connectivity index is 0.00000180. The van der Waals surface area contributed by atoms with E-state index < -0.39 is 0 Å². The molecule has 1 amide bonds. The maximum absolute atomic E-state index is 12.5. The molecule has 19 heavy (non-hydrogen) atoms. The first kappa shape index (κ1) is 15.8. The highest BCUT2D eigenvalue weighted by atomic mass is 35.5. The molecule has 0 bridgehead atoms. The van der Waals surface area contributed by atoms with Gasteiger partial charge in [0, 0.05) is 25.7 Å². The van der Waals surface area contributed by atoms with Gasteiger partial charge in [-0.1, -0.05) is 12.1 Å². The number of piperazine rings is 1. The van der Waals surface area contributed by atoms with E-state index in [-0.39, 0.29) is 18.3 Å². The topological polar surface area (TPSA) is 41.6 Å². The van der Waals surface area contributed by atoms with Crippen molar-refractivity contribution < 1.29 is 9.53 Å². The van der Waals surface area contributed by atoms with Crippen molar-refractivity contribution in [3.05, 3.63) is 29.8 Å². The van der Waals surface area contributed by atoms with Crippen LogP contribution in [0.5, 0.6) is 5.75 Å². The Morgan fingerprint density at radius 1 is 1.47 bits per heavy atom. The number of para-hydroxylation sites is 1. The molecule has 0 aliphatic carbocycles. The predicted octanol–water partition coefficient (Wildman–Crippen LogP) is 1.94. The molecule has 0 unspecified atom stereocenters. The molecule has 106 valence electrons. The minimum absolute atomic E-state index is 0. The molecule has 1 saturated heterocycles. The van der Waals surface area contributed by atoms with Crippen LogP contribution in [0, 0.1) is 0 Å². The summed E-state index contributed by atoms with van der Waals surface area (Å²) in [5.74, 6) is 0.739. The van der Waals surface area contributed by atoms with Crippen molar-refractivity contribution >= 4 is 18.3 Å². The molecule has 0 radical (unpaired) electrons. The zero-order valence-corrected chi connectivity index (χ0v) is 12.2. The zero-order chi connectivity index (χ0) is 13.0. The number of carbonyl (C=O) groups is 1. The summed E-state index contributed by atoms with van der Waals surface area (Å²) in [6.07, 6.45) is 0. The summed E-state index contributed by atoms with van der Waals surface area (Å²) in [5, 5.41) is 3.33. The van der Waals surface area contributed by atoms with E-state index >= 15 is 0 Å². The van der Waals surface area contributed by atoms with E-state index in [9.17, 15) is 4.79 Å². The van der Waals surface area contributed by atoms with E-state index in [0.29, 0.717) is 24.0 Å². The molecule has 0 saturated carbocycles. The number of carbonyl (C=O) groups excluding carboxylic acids is 1. The van der Waals surface area contributed by atoms with Crippen molar-refractivity contribution in [3.8, 4) is 5.75 Å². The molecule has 1 aliphatic heterocycles. The maximum atomic E-state index is 12.5. The Bertz CT molecular complexity index is 426. The second-order valence-electron chi connectivity index (χ2n) is 4.54. The highest BCUT2D eigenvalue weighted by Crippen LogP contribution is 2.20. The van der Waals surface area contributed by atoms with Crippen LogP contribution in [0.1, 0.15) is 24.2 Å². The number of rotatable bonds is 3. The van der Waals surface area contributed by atoms with Crippen molar-refractivity contribution in [2.45, 2.75) is 19.9 Å². The number of nitrogens with zero attached hydrogens (tertiary/aromatic N) is 1. The maximum Gasteiger partial charge on any atom is 0.257 e. The molecule has 4 nitrogen and oxygen atoms in total. The number of benzene rings is 1. The molecule has 1 aliphatic rings. The van der Waals surface area contributed by atoms with Gasteiger partial charge in [0.1, 0.15) is 5.75 Å². The van der Waals surface area contributed by atoms with Gasteiger partial charge in [0.05, 0.1) is 12.2 Å². The smallest absolute Gasteiger partial charge is 0.257 e. The van der Waals surface area contributed by atoms with Gasteiger partial charge < -0.3 is 15.0 Å². The number of amides is 1. The van der Waals surface area contributed by atoms with Crippen molar-refractivity contribution in [1.82, 2.24) is 10.2 Å². The molecule has 1 atom stereocenters. The van der Waals surface area contributed by atoms with E-state index in [2.05, 4.69) is 12.2 Å². The van der Waals surface area contributed by atoms with Gasteiger partial charge in [-0.2, -0.15) is 0 Å². The summed E-state index contributed by atoms with van der Waals surface area (Å²) >= 11 is 0. The van der Waals surface area contributed by atoms with Crippen LogP contribution in [0.2, 0.25) is 0 Å².